The van der Waals surface area contributed by atoms with Gasteiger partial charge in [0.1, 0.15) is 0 Å². The van der Waals surface area contributed by atoms with Crippen molar-refractivity contribution in [1.82, 2.24) is 10.5 Å². The third-order valence-electron chi connectivity index (χ3n) is 2.97. The first-order valence-electron chi connectivity index (χ1n) is 6.40. The third kappa shape index (κ3) is 2.78. The number of aromatic nitrogens is 1. The van der Waals surface area contributed by atoms with Crippen LogP contribution in [0, 0.1) is 0 Å². The predicted molar refractivity (Wildman–Crippen MR) is 81.0 cm³/mol. The summed E-state index contributed by atoms with van der Waals surface area (Å²) in [6, 6.07) is 18.1. The van der Waals surface area contributed by atoms with Crippen molar-refractivity contribution in [2.45, 2.75) is 0 Å². The molecule has 0 aliphatic carbocycles. The van der Waals surface area contributed by atoms with Crippen molar-refractivity contribution in [1.29, 1.82) is 0 Å². The lowest BCUT2D eigenvalue weighted by Crippen LogP contribution is -2.13. The zero-order valence-corrected chi connectivity index (χ0v) is 10.9. The number of pyridine rings is 1. The Hall–Kier alpha value is -2.81. The average molecular weight is 262 g/mol. The van der Waals surface area contributed by atoms with Gasteiger partial charge in [-0.15, -0.1) is 0 Å². The molecular formula is C17H14N2O. The SMILES string of the molecule is C1=Cc2ccccc2ON1.c1ccc2cnccc2c1. The van der Waals surface area contributed by atoms with Gasteiger partial charge >= 0.3 is 0 Å². The van der Waals surface area contributed by atoms with Gasteiger partial charge in [0.05, 0.1) is 0 Å². The Balaban J connectivity index is 0.000000121. The first kappa shape index (κ1) is 12.2. The van der Waals surface area contributed by atoms with Crippen molar-refractivity contribution in [2.75, 3.05) is 0 Å². The molecule has 4 rings (SSSR count). The van der Waals surface area contributed by atoms with E-state index < -0.39 is 0 Å². The van der Waals surface area contributed by atoms with Crippen LogP contribution < -0.4 is 10.3 Å². The van der Waals surface area contributed by atoms with Crippen molar-refractivity contribution < 1.29 is 4.84 Å². The van der Waals surface area contributed by atoms with Crippen LogP contribution in [0.3, 0.4) is 0 Å². The number of para-hydroxylation sites is 1. The van der Waals surface area contributed by atoms with Crippen LogP contribution in [0.5, 0.6) is 5.75 Å². The van der Waals surface area contributed by atoms with E-state index in [-0.39, 0.29) is 0 Å². The Kier molecular flexibility index (Phi) is 3.60. The molecular weight excluding hydrogens is 248 g/mol. The highest BCUT2D eigenvalue weighted by atomic mass is 16.6. The Bertz CT molecular complexity index is 672. The molecule has 98 valence electrons. The first-order valence-corrected chi connectivity index (χ1v) is 6.40. The maximum Gasteiger partial charge on any atom is 0.162 e. The fraction of sp³-hybridized carbons (Fsp3) is 0. The van der Waals surface area contributed by atoms with Gasteiger partial charge in [0.25, 0.3) is 0 Å². The number of nitrogens with zero attached hydrogens (tertiary/aromatic N) is 1. The normalized spacial score (nSPS) is 11.6. The molecule has 0 saturated heterocycles. The predicted octanol–water partition coefficient (Wildman–Crippen LogP) is 3.79. The zero-order valence-electron chi connectivity index (χ0n) is 10.9. The summed E-state index contributed by atoms with van der Waals surface area (Å²) in [4.78, 5) is 9.10. The molecule has 0 spiro atoms. The Morgan fingerprint density at radius 2 is 1.65 bits per heavy atom. The molecule has 1 aliphatic rings. The van der Waals surface area contributed by atoms with Crippen LogP contribution >= 0.6 is 0 Å². The van der Waals surface area contributed by atoms with Gasteiger partial charge in [-0.25, -0.2) is 5.48 Å². The number of rotatable bonds is 0. The number of hydroxylamine groups is 1. The summed E-state index contributed by atoms with van der Waals surface area (Å²) in [6.45, 7) is 0. The van der Waals surface area contributed by atoms with Crippen LogP contribution in [-0.2, 0) is 0 Å². The van der Waals surface area contributed by atoms with Gasteiger partial charge < -0.3 is 4.84 Å². The average Bonchev–Trinajstić information content (AvgIpc) is 2.56. The minimum absolute atomic E-state index is 0.880. The van der Waals surface area contributed by atoms with E-state index >= 15 is 0 Å². The van der Waals surface area contributed by atoms with Crippen LogP contribution in [-0.4, -0.2) is 4.98 Å². The molecule has 3 aromatic rings. The molecule has 1 aliphatic heterocycles. The second-order valence-corrected chi connectivity index (χ2v) is 4.31. The number of nitrogens with one attached hydrogen (secondary N) is 1. The van der Waals surface area contributed by atoms with E-state index in [0.29, 0.717) is 0 Å². The second-order valence-electron chi connectivity index (χ2n) is 4.31. The van der Waals surface area contributed by atoms with Crippen LogP contribution in [0.1, 0.15) is 5.56 Å². The van der Waals surface area contributed by atoms with E-state index in [9.17, 15) is 0 Å². The summed E-state index contributed by atoms with van der Waals surface area (Å²) in [6.07, 6.45) is 7.42. The molecule has 2 heterocycles. The lowest BCUT2D eigenvalue weighted by Gasteiger charge is -2.11. The third-order valence-corrected chi connectivity index (χ3v) is 2.97. The fourth-order valence-corrected chi connectivity index (χ4v) is 1.96. The Morgan fingerprint density at radius 1 is 0.850 bits per heavy atom. The minimum Gasteiger partial charge on any atom is -0.382 e. The van der Waals surface area contributed by atoms with Crippen LogP contribution in [0.4, 0.5) is 0 Å². The molecule has 0 fully saturated rings. The van der Waals surface area contributed by atoms with Crippen molar-refractivity contribution in [3.05, 3.63) is 78.8 Å². The highest BCUT2D eigenvalue weighted by Crippen LogP contribution is 2.20. The van der Waals surface area contributed by atoms with E-state index in [1.807, 2.05) is 60.9 Å². The molecule has 3 heteroatoms. The van der Waals surface area contributed by atoms with Gasteiger partial charge in [0, 0.05) is 24.2 Å². The second kappa shape index (κ2) is 5.89. The zero-order chi connectivity index (χ0) is 13.6. The van der Waals surface area contributed by atoms with Crippen LogP contribution in [0.15, 0.2) is 73.2 Å². The molecule has 0 saturated carbocycles. The molecule has 3 nitrogen and oxygen atoms in total. The summed E-state index contributed by atoms with van der Waals surface area (Å²) in [5.74, 6) is 0.880. The Labute approximate surface area is 117 Å². The smallest absolute Gasteiger partial charge is 0.162 e. The molecule has 0 atom stereocenters. The molecule has 1 N–H and O–H groups in total. The number of hydrogen-bond donors (Lipinski definition) is 1. The maximum atomic E-state index is 5.09. The lowest BCUT2D eigenvalue weighted by atomic mass is 10.2. The molecule has 0 unspecified atom stereocenters. The Morgan fingerprint density at radius 3 is 2.50 bits per heavy atom. The van der Waals surface area contributed by atoms with Gasteiger partial charge in [0.15, 0.2) is 5.75 Å². The summed E-state index contributed by atoms with van der Waals surface area (Å²) >= 11 is 0. The standard InChI is InChI=1S/C9H7N.C8H7NO/c1-2-4-9-7-10-6-5-8(9)3-1;1-2-4-8-7(3-1)5-6-9-10-8/h1-7H;1-6,9H. The van der Waals surface area contributed by atoms with Gasteiger partial charge in [-0.2, -0.15) is 0 Å². The topological polar surface area (TPSA) is 34.1 Å². The molecule has 0 amide bonds. The van der Waals surface area contributed by atoms with E-state index in [2.05, 4.69) is 22.6 Å². The van der Waals surface area contributed by atoms with Crippen molar-refractivity contribution in [3.8, 4) is 5.75 Å². The first-order chi connectivity index (χ1) is 9.93. The van der Waals surface area contributed by atoms with Crippen LogP contribution in [0.2, 0.25) is 0 Å². The summed E-state index contributed by atoms with van der Waals surface area (Å²) in [5, 5.41) is 2.45. The summed E-state index contributed by atoms with van der Waals surface area (Å²) < 4.78 is 0. The molecule has 20 heavy (non-hydrogen) atoms. The molecule has 1 aromatic heterocycles. The van der Waals surface area contributed by atoms with Crippen molar-refractivity contribution in [3.63, 3.8) is 0 Å². The summed E-state index contributed by atoms with van der Waals surface area (Å²) in [7, 11) is 0. The van der Waals surface area contributed by atoms with Gasteiger partial charge in [0.2, 0.25) is 0 Å². The molecule has 0 bridgehead atoms. The van der Waals surface area contributed by atoms with E-state index in [4.69, 9.17) is 4.84 Å². The van der Waals surface area contributed by atoms with Gasteiger partial charge in [-0.3, -0.25) is 4.98 Å². The fourth-order valence-electron chi connectivity index (χ4n) is 1.96. The monoisotopic (exact) mass is 262 g/mol. The summed E-state index contributed by atoms with van der Waals surface area (Å²) in [5.41, 5.74) is 3.77. The number of benzene rings is 2. The minimum atomic E-state index is 0.880. The van der Waals surface area contributed by atoms with E-state index in [1.165, 1.54) is 10.8 Å². The number of hydrogen-bond acceptors (Lipinski definition) is 3. The lowest BCUT2D eigenvalue weighted by molar-refractivity contribution is 0.239. The quantitative estimate of drug-likeness (QED) is 0.669. The number of fused-ring (bicyclic) bond motifs is 2. The molecule has 2 aromatic carbocycles. The van der Waals surface area contributed by atoms with Crippen LogP contribution in [0.25, 0.3) is 16.8 Å². The maximum absolute atomic E-state index is 5.09. The van der Waals surface area contributed by atoms with Crippen molar-refractivity contribution >= 4 is 16.8 Å². The molecule has 0 radical (unpaired) electrons. The highest BCUT2D eigenvalue weighted by Gasteiger charge is 2.01. The van der Waals surface area contributed by atoms with Gasteiger partial charge in [-0.1, -0.05) is 42.5 Å². The van der Waals surface area contributed by atoms with Gasteiger partial charge in [-0.05, 0) is 29.0 Å². The highest BCUT2D eigenvalue weighted by molar-refractivity contribution is 5.80. The van der Waals surface area contributed by atoms with Crippen molar-refractivity contribution in [2.24, 2.45) is 0 Å². The largest absolute Gasteiger partial charge is 0.382 e. The van der Waals surface area contributed by atoms with E-state index in [0.717, 1.165) is 11.3 Å². The van der Waals surface area contributed by atoms with E-state index in [1.54, 1.807) is 6.20 Å².